The lowest BCUT2D eigenvalue weighted by atomic mass is 10.1. The average Bonchev–Trinajstić information content (AvgIpc) is 3.36. The van der Waals surface area contributed by atoms with Crippen LogP contribution in [0.4, 0.5) is 5.69 Å². The first-order valence-corrected chi connectivity index (χ1v) is 14.7. The number of amides is 1. The quantitative estimate of drug-likeness (QED) is 0.154. The van der Waals surface area contributed by atoms with Gasteiger partial charge in [0.15, 0.2) is 11.0 Å². The van der Waals surface area contributed by atoms with E-state index in [4.69, 9.17) is 0 Å². The molecule has 0 spiro atoms. The van der Waals surface area contributed by atoms with Gasteiger partial charge < -0.3 is 5.32 Å². The number of nitrogens with zero attached hydrogens (tertiary/aromatic N) is 3. The number of carbonyl (C=O) groups excluding carboxylic acids is 2. The summed E-state index contributed by atoms with van der Waals surface area (Å²) < 4.78 is 1.39. The fourth-order valence-electron chi connectivity index (χ4n) is 4.22. The van der Waals surface area contributed by atoms with Gasteiger partial charge in [0.2, 0.25) is 11.8 Å². The number of thioether (sulfide) groups is 1. The van der Waals surface area contributed by atoms with E-state index in [9.17, 15) is 9.59 Å². The minimum atomic E-state index is -0.131. The van der Waals surface area contributed by atoms with Crippen LogP contribution in [-0.2, 0) is 11.2 Å². The molecule has 6 nitrogen and oxygen atoms in total. The van der Waals surface area contributed by atoms with E-state index in [0.29, 0.717) is 17.4 Å². The van der Waals surface area contributed by atoms with E-state index >= 15 is 0 Å². The molecule has 0 atom stereocenters. The van der Waals surface area contributed by atoms with Gasteiger partial charge in [0.05, 0.1) is 5.75 Å². The lowest BCUT2D eigenvalue weighted by Crippen LogP contribution is -2.17. The van der Waals surface area contributed by atoms with Gasteiger partial charge in [-0.1, -0.05) is 126 Å². The van der Waals surface area contributed by atoms with E-state index in [1.165, 1.54) is 55.0 Å². The second-order valence-corrected chi connectivity index (χ2v) is 10.3. The first kappa shape index (κ1) is 28.6. The highest BCUT2D eigenvalue weighted by atomic mass is 32.2. The minimum absolute atomic E-state index is 0.0723. The summed E-state index contributed by atoms with van der Waals surface area (Å²) in [6, 6.07) is 17.4. The maximum Gasteiger partial charge on any atom is 0.249 e. The van der Waals surface area contributed by atoms with Crippen molar-refractivity contribution in [1.29, 1.82) is 0 Å². The van der Waals surface area contributed by atoms with Crippen LogP contribution < -0.4 is 5.32 Å². The zero-order chi connectivity index (χ0) is 26.3. The first-order valence-electron chi connectivity index (χ1n) is 13.7. The van der Waals surface area contributed by atoms with Crippen LogP contribution in [0, 0.1) is 0 Å². The number of hydrogen-bond donors (Lipinski definition) is 1. The molecule has 1 aromatic heterocycles. The first-order chi connectivity index (χ1) is 18.1. The summed E-state index contributed by atoms with van der Waals surface area (Å²) in [7, 11) is 0. The van der Waals surface area contributed by atoms with Crippen molar-refractivity contribution in [2.45, 2.75) is 89.6 Å². The van der Waals surface area contributed by atoms with Crippen molar-refractivity contribution in [2.24, 2.45) is 0 Å². The number of hydrogen-bond acceptors (Lipinski definition) is 5. The Bertz CT molecular complexity index is 1110. The molecule has 3 rings (SSSR count). The van der Waals surface area contributed by atoms with Crippen molar-refractivity contribution in [3.63, 3.8) is 0 Å². The Morgan fingerprint density at radius 3 is 2.19 bits per heavy atom. The van der Waals surface area contributed by atoms with Crippen LogP contribution in [0.5, 0.6) is 0 Å². The highest BCUT2D eigenvalue weighted by Crippen LogP contribution is 2.23. The highest BCUT2D eigenvalue weighted by molar-refractivity contribution is 7.99. The average molecular weight is 521 g/mol. The molecule has 1 heterocycles. The maximum absolute atomic E-state index is 13.1. The van der Waals surface area contributed by atoms with Gasteiger partial charge in [-0.25, -0.2) is 4.98 Å². The van der Waals surface area contributed by atoms with Gasteiger partial charge in [0, 0.05) is 17.7 Å². The summed E-state index contributed by atoms with van der Waals surface area (Å²) in [5.41, 5.74) is 2.76. The summed E-state index contributed by atoms with van der Waals surface area (Å²) in [6.07, 6.45) is 12.1. The third kappa shape index (κ3) is 9.47. The Labute approximate surface area is 225 Å². The fraction of sp³-hybridized carbons (Fsp3) is 0.467. The number of aryl methyl sites for hydroxylation is 1. The number of rotatable bonds is 16. The Hall–Kier alpha value is -2.93. The second-order valence-electron chi connectivity index (χ2n) is 9.32. The molecule has 0 aliphatic rings. The van der Waals surface area contributed by atoms with E-state index in [1.807, 2.05) is 54.6 Å². The summed E-state index contributed by atoms with van der Waals surface area (Å²) in [4.78, 5) is 30.4. The molecule has 3 aromatic rings. The van der Waals surface area contributed by atoms with Crippen LogP contribution in [0.25, 0.3) is 11.4 Å². The van der Waals surface area contributed by atoms with Crippen LogP contribution in [0.15, 0.2) is 59.8 Å². The molecule has 198 valence electrons. The van der Waals surface area contributed by atoms with Crippen LogP contribution in [-0.4, -0.2) is 32.3 Å². The standard InChI is InChI=1S/C30H40N4O2S/c1-3-5-6-7-8-9-10-11-15-22-28(36)34-30(32-29(33-34)25-19-13-12-14-20-25)37-23-27(35)31-26-21-17-16-18-24(26)4-2/h12-14,16-21H,3-11,15,22-23H2,1-2H3,(H,31,35). The number of aromatic nitrogens is 3. The van der Waals surface area contributed by atoms with Crippen molar-refractivity contribution < 1.29 is 9.59 Å². The SMILES string of the molecule is CCCCCCCCCCCC(=O)n1nc(-c2ccccc2)nc1SCC(=O)Nc1ccccc1CC. The van der Waals surface area contributed by atoms with Crippen LogP contribution in [0.1, 0.15) is 88.4 Å². The molecular weight excluding hydrogens is 480 g/mol. The summed E-state index contributed by atoms with van der Waals surface area (Å²) >= 11 is 1.24. The molecule has 0 fully saturated rings. The van der Waals surface area contributed by atoms with Gasteiger partial charge in [0.25, 0.3) is 0 Å². The topological polar surface area (TPSA) is 76.9 Å². The molecule has 1 amide bonds. The molecule has 7 heteroatoms. The maximum atomic E-state index is 13.1. The van der Waals surface area contributed by atoms with Gasteiger partial charge >= 0.3 is 0 Å². The molecule has 0 unspecified atom stereocenters. The minimum Gasteiger partial charge on any atom is -0.325 e. The van der Waals surface area contributed by atoms with E-state index in [1.54, 1.807) is 0 Å². The Balaban J connectivity index is 1.58. The number of carbonyl (C=O) groups is 2. The number of para-hydroxylation sites is 1. The van der Waals surface area contributed by atoms with Gasteiger partial charge in [0.1, 0.15) is 0 Å². The fourth-order valence-corrected chi connectivity index (χ4v) is 4.97. The van der Waals surface area contributed by atoms with E-state index < -0.39 is 0 Å². The van der Waals surface area contributed by atoms with Crippen LogP contribution in [0.2, 0.25) is 0 Å². The number of unbranched alkanes of at least 4 members (excludes halogenated alkanes) is 8. The number of anilines is 1. The predicted octanol–water partition coefficient (Wildman–Crippen LogP) is 7.80. The summed E-state index contributed by atoms with van der Waals surface area (Å²) in [5, 5.41) is 7.97. The predicted molar refractivity (Wildman–Crippen MR) is 153 cm³/mol. The number of benzene rings is 2. The van der Waals surface area contributed by atoms with Crippen molar-refractivity contribution in [1.82, 2.24) is 14.8 Å². The Kier molecular flexibility index (Phi) is 12.4. The van der Waals surface area contributed by atoms with Gasteiger partial charge in [-0.3, -0.25) is 9.59 Å². The monoisotopic (exact) mass is 520 g/mol. The third-order valence-electron chi connectivity index (χ3n) is 6.34. The number of nitrogens with one attached hydrogen (secondary N) is 1. The molecule has 2 aromatic carbocycles. The van der Waals surface area contributed by atoms with Gasteiger partial charge in [-0.2, -0.15) is 4.68 Å². The van der Waals surface area contributed by atoms with Crippen molar-refractivity contribution >= 4 is 29.3 Å². The molecule has 0 saturated carbocycles. The zero-order valence-corrected chi connectivity index (χ0v) is 23.1. The summed E-state index contributed by atoms with van der Waals surface area (Å²) in [5.74, 6) is 0.446. The van der Waals surface area contributed by atoms with Crippen LogP contribution in [0.3, 0.4) is 0 Å². The van der Waals surface area contributed by atoms with Gasteiger partial charge in [-0.15, -0.1) is 5.10 Å². The summed E-state index contributed by atoms with van der Waals surface area (Å²) in [6.45, 7) is 4.30. The molecule has 0 bridgehead atoms. The molecule has 37 heavy (non-hydrogen) atoms. The van der Waals surface area contributed by atoms with E-state index in [2.05, 4.69) is 29.2 Å². The van der Waals surface area contributed by atoms with Crippen LogP contribution >= 0.6 is 11.8 Å². The van der Waals surface area contributed by atoms with Gasteiger partial charge in [-0.05, 0) is 24.5 Å². The largest absolute Gasteiger partial charge is 0.325 e. The molecule has 1 N–H and O–H groups in total. The van der Waals surface area contributed by atoms with E-state index in [0.717, 1.165) is 42.5 Å². The smallest absolute Gasteiger partial charge is 0.249 e. The Morgan fingerprint density at radius 1 is 0.838 bits per heavy atom. The Morgan fingerprint density at radius 2 is 1.49 bits per heavy atom. The highest BCUT2D eigenvalue weighted by Gasteiger charge is 2.19. The zero-order valence-electron chi connectivity index (χ0n) is 22.2. The molecule has 0 saturated heterocycles. The second kappa shape index (κ2) is 16.0. The lowest BCUT2D eigenvalue weighted by molar-refractivity contribution is -0.113. The van der Waals surface area contributed by atoms with Crippen molar-refractivity contribution in [2.75, 3.05) is 11.1 Å². The van der Waals surface area contributed by atoms with Crippen molar-refractivity contribution in [3.05, 3.63) is 60.2 Å². The molecule has 0 aliphatic carbocycles. The molecular formula is C30H40N4O2S. The molecule has 0 radical (unpaired) electrons. The lowest BCUT2D eigenvalue weighted by Gasteiger charge is -2.09. The van der Waals surface area contributed by atoms with E-state index in [-0.39, 0.29) is 17.6 Å². The third-order valence-corrected chi connectivity index (χ3v) is 7.27. The normalized spacial score (nSPS) is 11.0. The molecule has 0 aliphatic heterocycles. The van der Waals surface area contributed by atoms with Crippen molar-refractivity contribution in [3.8, 4) is 11.4 Å².